The predicted octanol–water partition coefficient (Wildman–Crippen LogP) is 0.257. The van der Waals surface area contributed by atoms with Crippen LogP contribution in [0.2, 0.25) is 0 Å². The molecule has 1 rings (SSSR count). The standard InChI is InChI=1S/C10H12BrNO4S/c11-8-3-5-9(6-4-8)17(15,16)12-7-1-2-10(13)14/h3-6,12H,1-2,7H2,(H,13,14)/p-1. The molecule has 0 heterocycles. The fourth-order valence-corrected chi connectivity index (χ4v) is 2.47. The van der Waals surface area contributed by atoms with Crippen LogP contribution < -0.4 is 9.83 Å². The fourth-order valence-electron chi connectivity index (χ4n) is 1.14. The van der Waals surface area contributed by atoms with Gasteiger partial charge in [0.15, 0.2) is 0 Å². The van der Waals surface area contributed by atoms with Crippen molar-refractivity contribution in [3.63, 3.8) is 0 Å². The average molecular weight is 321 g/mol. The lowest BCUT2D eigenvalue weighted by molar-refractivity contribution is -0.305. The summed E-state index contributed by atoms with van der Waals surface area (Å²) >= 11 is 3.20. The van der Waals surface area contributed by atoms with Gasteiger partial charge in [-0.25, -0.2) is 13.1 Å². The van der Waals surface area contributed by atoms with E-state index in [4.69, 9.17) is 0 Å². The van der Waals surface area contributed by atoms with Crippen LogP contribution in [0.3, 0.4) is 0 Å². The highest BCUT2D eigenvalue weighted by Crippen LogP contribution is 2.14. The van der Waals surface area contributed by atoms with Crippen molar-refractivity contribution in [2.24, 2.45) is 0 Å². The predicted molar refractivity (Wildman–Crippen MR) is 63.6 cm³/mol. The molecule has 0 saturated heterocycles. The number of rotatable bonds is 6. The number of hydrogen-bond donors (Lipinski definition) is 1. The summed E-state index contributed by atoms with van der Waals surface area (Å²) in [6.45, 7) is 0.0758. The van der Waals surface area contributed by atoms with Gasteiger partial charge in [0.25, 0.3) is 0 Å². The van der Waals surface area contributed by atoms with E-state index < -0.39 is 16.0 Å². The topological polar surface area (TPSA) is 86.3 Å². The van der Waals surface area contributed by atoms with Crippen molar-refractivity contribution >= 4 is 31.9 Å². The number of benzene rings is 1. The smallest absolute Gasteiger partial charge is 0.240 e. The van der Waals surface area contributed by atoms with Gasteiger partial charge in [-0.2, -0.15) is 0 Å². The Hall–Kier alpha value is -0.920. The second kappa shape index (κ2) is 6.13. The molecule has 5 nitrogen and oxygen atoms in total. The van der Waals surface area contributed by atoms with E-state index in [1.54, 1.807) is 12.1 Å². The van der Waals surface area contributed by atoms with Gasteiger partial charge in [-0.1, -0.05) is 15.9 Å². The molecule has 0 aliphatic heterocycles. The van der Waals surface area contributed by atoms with Gasteiger partial charge >= 0.3 is 0 Å². The summed E-state index contributed by atoms with van der Waals surface area (Å²) in [6.07, 6.45) is 0.0426. The average Bonchev–Trinajstić information content (AvgIpc) is 2.25. The first-order chi connectivity index (χ1) is 7.92. The number of carbonyl (C=O) groups is 1. The number of nitrogens with one attached hydrogen (secondary N) is 1. The molecule has 1 N–H and O–H groups in total. The van der Waals surface area contributed by atoms with Crippen molar-refractivity contribution in [1.29, 1.82) is 0 Å². The van der Waals surface area contributed by atoms with Crippen molar-refractivity contribution in [1.82, 2.24) is 4.72 Å². The summed E-state index contributed by atoms with van der Waals surface area (Å²) in [4.78, 5) is 10.3. The number of carboxylic acid groups (broad SMARTS) is 1. The first kappa shape index (κ1) is 14.1. The molecular weight excluding hydrogens is 310 g/mol. The van der Waals surface area contributed by atoms with Crippen molar-refractivity contribution in [2.45, 2.75) is 17.7 Å². The number of carbonyl (C=O) groups excluding carboxylic acids is 1. The summed E-state index contributed by atoms with van der Waals surface area (Å²) in [5.74, 6) is -1.19. The molecule has 0 aliphatic carbocycles. The Bertz CT molecular complexity index is 484. The van der Waals surface area contributed by atoms with Crippen LogP contribution in [0.25, 0.3) is 0 Å². The van der Waals surface area contributed by atoms with Crippen molar-refractivity contribution in [2.75, 3.05) is 6.54 Å². The van der Waals surface area contributed by atoms with Crippen LogP contribution >= 0.6 is 15.9 Å². The van der Waals surface area contributed by atoms with Gasteiger partial charge in [0.05, 0.1) is 4.90 Å². The molecule has 7 heteroatoms. The van der Waals surface area contributed by atoms with Crippen molar-refractivity contribution < 1.29 is 18.3 Å². The minimum absolute atomic E-state index is 0.0758. The Labute approximate surface area is 108 Å². The van der Waals surface area contributed by atoms with Crippen LogP contribution in [0.5, 0.6) is 0 Å². The molecule has 1 aromatic carbocycles. The van der Waals surface area contributed by atoms with Crippen LogP contribution in [0, 0.1) is 0 Å². The monoisotopic (exact) mass is 320 g/mol. The first-order valence-electron chi connectivity index (χ1n) is 4.87. The van der Waals surface area contributed by atoms with E-state index in [1.807, 2.05) is 0 Å². The summed E-state index contributed by atoms with van der Waals surface area (Å²) in [5, 5.41) is 10.1. The molecule has 0 spiro atoms. The molecule has 0 aliphatic rings. The lowest BCUT2D eigenvalue weighted by Gasteiger charge is -2.07. The summed E-state index contributed by atoms with van der Waals surface area (Å²) in [5.41, 5.74) is 0. The fraction of sp³-hybridized carbons (Fsp3) is 0.300. The number of aliphatic carboxylic acids is 1. The van der Waals surface area contributed by atoms with Gasteiger partial charge in [-0.05, 0) is 37.1 Å². The van der Waals surface area contributed by atoms with Gasteiger partial charge < -0.3 is 9.90 Å². The second-order valence-corrected chi connectivity index (χ2v) is 6.01. The van der Waals surface area contributed by atoms with Gasteiger partial charge in [0, 0.05) is 17.0 Å². The molecular formula is C10H11BrNO4S-. The maximum atomic E-state index is 11.7. The molecule has 17 heavy (non-hydrogen) atoms. The maximum absolute atomic E-state index is 11.7. The van der Waals surface area contributed by atoms with Crippen LogP contribution in [-0.2, 0) is 14.8 Å². The van der Waals surface area contributed by atoms with Gasteiger partial charge in [-0.15, -0.1) is 0 Å². The first-order valence-corrected chi connectivity index (χ1v) is 7.14. The number of hydrogen-bond acceptors (Lipinski definition) is 4. The van der Waals surface area contributed by atoms with E-state index in [0.29, 0.717) is 0 Å². The zero-order valence-corrected chi connectivity index (χ0v) is 11.3. The highest BCUT2D eigenvalue weighted by atomic mass is 79.9. The van der Waals surface area contributed by atoms with E-state index in [9.17, 15) is 18.3 Å². The molecule has 1 aromatic rings. The Morgan fingerprint density at radius 2 is 1.88 bits per heavy atom. The second-order valence-electron chi connectivity index (χ2n) is 3.33. The summed E-state index contributed by atoms with van der Waals surface area (Å²) in [7, 11) is -3.56. The van der Waals surface area contributed by atoms with Crippen molar-refractivity contribution in [3.8, 4) is 0 Å². The maximum Gasteiger partial charge on any atom is 0.240 e. The minimum Gasteiger partial charge on any atom is -0.550 e. The third kappa shape index (κ3) is 4.84. The number of sulfonamides is 1. The molecule has 0 bridgehead atoms. The molecule has 0 fully saturated rings. The van der Waals surface area contributed by atoms with E-state index >= 15 is 0 Å². The molecule has 0 atom stereocenters. The van der Waals surface area contributed by atoms with Gasteiger partial charge in [0.2, 0.25) is 10.0 Å². The van der Waals surface area contributed by atoms with Gasteiger partial charge in [0.1, 0.15) is 0 Å². The normalized spacial score (nSPS) is 11.4. The molecule has 0 saturated carbocycles. The van der Waals surface area contributed by atoms with Crippen molar-refractivity contribution in [3.05, 3.63) is 28.7 Å². The SMILES string of the molecule is O=C([O-])CCCNS(=O)(=O)c1ccc(Br)cc1. The highest BCUT2D eigenvalue weighted by molar-refractivity contribution is 9.10. The lowest BCUT2D eigenvalue weighted by atomic mass is 10.3. The number of carboxylic acids is 1. The third-order valence-corrected chi connectivity index (χ3v) is 3.98. The molecule has 0 radical (unpaired) electrons. The number of halogens is 1. The lowest BCUT2D eigenvalue weighted by Crippen LogP contribution is -2.27. The van der Waals surface area contributed by atoms with E-state index in [1.165, 1.54) is 12.1 Å². The largest absolute Gasteiger partial charge is 0.550 e. The highest BCUT2D eigenvalue weighted by Gasteiger charge is 2.12. The molecule has 0 unspecified atom stereocenters. The van der Waals surface area contributed by atoms with E-state index in [2.05, 4.69) is 20.7 Å². The third-order valence-electron chi connectivity index (χ3n) is 1.97. The Balaban J connectivity index is 2.57. The summed E-state index contributed by atoms with van der Waals surface area (Å²) in [6, 6.07) is 6.17. The zero-order valence-electron chi connectivity index (χ0n) is 8.85. The molecule has 0 aromatic heterocycles. The van der Waals surface area contributed by atoms with E-state index in [0.717, 1.165) is 4.47 Å². The Morgan fingerprint density at radius 3 is 2.41 bits per heavy atom. The zero-order chi connectivity index (χ0) is 12.9. The van der Waals surface area contributed by atoms with Crippen LogP contribution in [0.4, 0.5) is 0 Å². The van der Waals surface area contributed by atoms with Crippen LogP contribution in [0.15, 0.2) is 33.6 Å². The molecule has 94 valence electrons. The van der Waals surface area contributed by atoms with E-state index in [-0.39, 0.29) is 24.3 Å². The minimum atomic E-state index is -3.56. The summed E-state index contributed by atoms with van der Waals surface area (Å²) < 4.78 is 26.5. The Morgan fingerprint density at radius 1 is 1.29 bits per heavy atom. The Kier molecular flexibility index (Phi) is 5.10. The molecule has 0 amide bonds. The quantitative estimate of drug-likeness (QED) is 0.762. The van der Waals surface area contributed by atoms with Crippen LogP contribution in [0.1, 0.15) is 12.8 Å². The van der Waals surface area contributed by atoms with Crippen LogP contribution in [-0.4, -0.2) is 20.9 Å². The van der Waals surface area contributed by atoms with Gasteiger partial charge in [-0.3, -0.25) is 0 Å².